The molecule has 3 aromatic rings. The van der Waals surface area contributed by atoms with Gasteiger partial charge in [0.05, 0.1) is 35.5 Å². The predicted octanol–water partition coefficient (Wildman–Crippen LogP) is 0.462. The molecule has 104 valence electrons. The van der Waals surface area contributed by atoms with Gasteiger partial charge >= 0.3 is 0 Å². The molecule has 1 amide bonds. The summed E-state index contributed by atoms with van der Waals surface area (Å²) in [5, 5.41) is 6.96. The Kier molecular flexibility index (Phi) is 2.64. The molecule has 8 nitrogen and oxygen atoms in total. The van der Waals surface area contributed by atoms with Crippen LogP contribution in [0, 0.1) is 0 Å². The van der Waals surface area contributed by atoms with E-state index < -0.39 is 0 Å². The molecule has 2 aromatic heterocycles. The summed E-state index contributed by atoms with van der Waals surface area (Å²) in [5.41, 5.74) is 5.73. The average Bonchev–Trinajstić information content (AvgIpc) is 3.16. The van der Waals surface area contributed by atoms with Gasteiger partial charge in [-0.15, -0.1) is 0 Å². The van der Waals surface area contributed by atoms with Gasteiger partial charge in [-0.05, 0) is 18.2 Å². The minimum atomic E-state index is -0.155. The van der Waals surface area contributed by atoms with Gasteiger partial charge in [-0.25, -0.2) is 10.4 Å². The average molecular weight is 299 g/mol. The molecule has 0 spiro atoms. The molecule has 0 saturated carbocycles. The molecule has 3 heterocycles. The Balaban J connectivity index is 1.75. The van der Waals surface area contributed by atoms with Crippen molar-refractivity contribution >= 4 is 34.5 Å². The standard InChI is InChI=1S/C12H9N7OS/c20-10-5-13-11(18-17-10)6-1-2-7-8(3-6)16-12(15-7)9-4-14-21-19-9/h1-4H,5H2,(H,13,18)(H,15,16)(H,17,20). The summed E-state index contributed by atoms with van der Waals surface area (Å²) in [7, 11) is 0. The highest BCUT2D eigenvalue weighted by Crippen LogP contribution is 2.20. The number of amides is 1. The Bertz CT molecular complexity index is 852. The smallest absolute Gasteiger partial charge is 0.259 e. The van der Waals surface area contributed by atoms with Crippen LogP contribution in [0.25, 0.3) is 22.6 Å². The third-order valence-corrected chi connectivity index (χ3v) is 3.55. The van der Waals surface area contributed by atoms with Crippen molar-refractivity contribution in [1.82, 2.24) is 29.5 Å². The molecule has 0 aliphatic carbocycles. The van der Waals surface area contributed by atoms with Crippen molar-refractivity contribution in [2.24, 2.45) is 5.10 Å². The van der Waals surface area contributed by atoms with Crippen LogP contribution in [0.1, 0.15) is 5.56 Å². The van der Waals surface area contributed by atoms with E-state index in [2.05, 4.69) is 34.6 Å². The summed E-state index contributed by atoms with van der Waals surface area (Å²) in [6.07, 6.45) is 1.67. The Morgan fingerprint density at radius 3 is 3.00 bits per heavy atom. The van der Waals surface area contributed by atoms with E-state index >= 15 is 0 Å². The summed E-state index contributed by atoms with van der Waals surface area (Å²) in [4.78, 5) is 18.8. The lowest BCUT2D eigenvalue weighted by molar-refractivity contribution is -0.120. The summed E-state index contributed by atoms with van der Waals surface area (Å²) < 4.78 is 8.12. The number of hydrazone groups is 1. The van der Waals surface area contributed by atoms with Gasteiger partial charge in [-0.2, -0.15) is 13.8 Å². The van der Waals surface area contributed by atoms with Crippen LogP contribution in [0.3, 0.4) is 0 Å². The molecule has 0 bridgehead atoms. The van der Waals surface area contributed by atoms with Gasteiger partial charge in [-0.3, -0.25) is 4.79 Å². The van der Waals surface area contributed by atoms with Gasteiger partial charge in [0.1, 0.15) is 5.69 Å². The lowest BCUT2D eigenvalue weighted by Crippen LogP contribution is -2.42. The highest BCUT2D eigenvalue weighted by atomic mass is 32.1. The maximum absolute atomic E-state index is 11.1. The second-order valence-electron chi connectivity index (χ2n) is 4.46. The van der Waals surface area contributed by atoms with Crippen molar-refractivity contribution in [2.75, 3.05) is 6.54 Å². The van der Waals surface area contributed by atoms with Crippen molar-refractivity contribution in [3.63, 3.8) is 0 Å². The molecule has 1 aromatic carbocycles. The Labute approximate surface area is 122 Å². The van der Waals surface area contributed by atoms with Crippen molar-refractivity contribution in [1.29, 1.82) is 0 Å². The fourth-order valence-corrected chi connectivity index (χ4v) is 2.49. The predicted molar refractivity (Wildman–Crippen MR) is 77.7 cm³/mol. The van der Waals surface area contributed by atoms with Crippen LogP contribution in [0.15, 0.2) is 29.5 Å². The Morgan fingerprint density at radius 2 is 2.24 bits per heavy atom. The SMILES string of the molecule is O=C1CNC(c2ccc3[nH]c(-c4cnsn4)nc3c2)=NN1. The van der Waals surface area contributed by atoms with Crippen LogP contribution >= 0.6 is 11.7 Å². The molecule has 21 heavy (non-hydrogen) atoms. The second-order valence-corrected chi connectivity index (χ2v) is 5.02. The fourth-order valence-electron chi connectivity index (χ4n) is 2.07. The third-order valence-electron chi connectivity index (χ3n) is 3.07. The minimum Gasteiger partial charge on any atom is -0.359 e. The molecule has 0 saturated heterocycles. The maximum atomic E-state index is 11.1. The number of nitrogens with one attached hydrogen (secondary N) is 3. The minimum absolute atomic E-state index is 0.155. The lowest BCUT2D eigenvalue weighted by atomic mass is 10.2. The zero-order valence-corrected chi connectivity index (χ0v) is 11.4. The quantitative estimate of drug-likeness (QED) is 0.637. The molecular weight excluding hydrogens is 290 g/mol. The number of nitrogens with zero attached hydrogens (tertiary/aromatic N) is 4. The van der Waals surface area contributed by atoms with Gasteiger partial charge in [0, 0.05) is 5.56 Å². The van der Waals surface area contributed by atoms with Crippen LogP contribution in [0.2, 0.25) is 0 Å². The van der Waals surface area contributed by atoms with Crippen molar-refractivity contribution in [2.45, 2.75) is 0 Å². The third kappa shape index (κ3) is 2.13. The first-order chi connectivity index (χ1) is 10.3. The van der Waals surface area contributed by atoms with Gasteiger partial charge in [-0.1, -0.05) is 0 Å². The largest absolute Gasteiger partial charge is 0.359 e. The van der Waals surface area contributed by atoms with Crippen LogP contribution in [0.4, 0.5) is 0 Å². The number of carbonyl (C=O) groups is 1. The van der Waals surface area contributed by atoms with Crippen LogP contribution in [-0.4, -0.2) is 37.0 Å². The van der Waals surface area contributed by atoms with Crippen molar-refractivity contribution < 1.29 is 4.79 Å². The normalized spacial score (nSPS) is 14.7. The maximum Gasteiger partial charge on any atom is 0.259 e. The number of benzene rings is 1. The molecule has 4 rings (SSSR count). The first kappa shape index (κ1) is 12.0. The molecule has 1 aliphatic heterocycles. The molecule has 0 atom stereocenters. The zero-order chi connectivity index (χ0) is 14.2. The molecule has 1 aliphatic rings. The fraction of sp³-hybridized carbons (Fsp3) is 0.0833. The second kappa shape index (κ2) is 4.63. The number of carbonyl (C=O) groups excluding carboxylic acids is 1. The van der Waals surface area contributed by atoms with Gasteiger partial charge in [0.15, 0.2) is 11.7 Å². The van der Waals surface area contributed by atoms with Crippen LogP contribution < -0.4 is 10.7 Å². The van der Waals surface area contributed by atoms with Gasteiger partial charge < -0.3 is 10.3 Å². The van der Waals surface area contributed by atoms with E-state index in [4.69, 9.17) is 0 Å². The molecule has 9 heteroatoms. The van der Waals surface area contributed by atoms with E-state index in [0.717, 1.165) is 34.0 Å². The number of aromatic nitrogens is 4. The number of amidine groups is 1. The zero-order valence-electron chi connectivity index (χ0n) is 10.6. The number of hydrogen-bond donors (Lipinski definition) is 3. The lowest BCUT2D eigenvalue weighted by Gasteiger charge is -2.14. The van der Waals surface area contributed by atoms with Gasteiger partial charge in [0.2, 0.25) is 0 Å². The number of rotatable bonds is 2. The molecule has 0 unspecified atom stereocenters. The summed E-state index contributed by atoms with van der Waals surface area (Å²) >= 11 is 1.14. The van der Waals surface area contributed by atoms with Crippen LogP contribution in [0.5, 0.6) is 0 Å². The summed E-state index contributed by atoms with van der Waals surface area (Å²) in [6, 6.07) is 5.73. The molecule has 0 fully saturated rings. The number of hydrogen-bond acceptors (Lipinski definition) is 7. The number of H-pyrrole nitrogens is 1. The highest BCUT2D eigenvalue weighted by molar-refractivity contribution is 6.99. The number of aromatic amines is 1. The molecule has 0 radical (unpaired) electrons. The topological polar surface area (TPSA) is 108 Å². The molecular formula is C12H9N7OS. The number of imidazole rings is 1. The van der Waals surface area contributed by atoms with E-state index in [0.29, 0.717) is 11.7 Å². The van der Waals surface area contributed by atoms with Crippen molar-refractivity contribution in [3.8, 4) is 11.5 Å². The first-order valence-electron chi connectivity index (χ1n) is 6.18. The molecule has 3 N–H and O–H groups in total. The summed E-state index contributed by atoms with van der Waals surface area (Å²) in [6.45, 7) is 0.215. The summed E-state index contributed by atoms with van der Waals surface area (Å²) in [5.74, 6) is 1.15. The highest BCUT2D eigenvalue weighted by Gasteiger charge is 2.14. The Hall–Kier alpha value is -2.81. The van der Waals surface area contributed by atoms with Gasteiger partial charge in [0.25, 0.3) is 5.91 Å². The van der Waals surface area contributed by atoms with Crippen LogP contribution in [-0.2, 0) is 4.79 Å². The van der Waals surface area contributed by atoms with E-state index in [1.54, 1.807) is 6.20 Å². The Morgan fingerprint density at radius 1 is 1.29 bits per heavy atom. The van der Waals surface area contributed by atoms with Crippen molar-refractivity contribution in [3.05, 3.63) is 30.0 Å². The number of fused-ring (bicyclic) bond motifs is 1. The monoisotopic (exact) mass is 299 g/mol. The van der Waals surface area contributed by atoms with E-state index in [1.807, 2.05) is 18.2 Å². The van der Waals surface area contributed by atoms with E-state index in [1.165, 1.54) is 0 Å². The first-order valence-corrected chi connectivity index (χ1v) is 6.91. The van der Waals surface area contributed by atoms with E-state index in [9.17, 15) is 4.79 Å². The van der Waals surface area contributed by atoms with E-state index in [-0.39, 0.29) is 12.5 Å².